The fourth-order valence-electron chi connectivity index (χ4n) is 2.14. The summed E-state index contributed by atoms with van der Waals surface area (Å²) in [7, 11) is 0. The van der Waals surface area contributed by atoms with Crippen LogP contribution in [0.25, 0.3) is 0 Å². The first-order valence-corrected chi connectivity index (χ1v) is 8.54. The zero-order valence-electron chi connectivity index (χ0n) is 13.9. The largest absolute Gasteiger partial charge is 0.481 e. The van der Waals surface area contributed by atoms with Crippen molar-refractivity contribution in [3.05, 3.63) is 24.3 Å². The molecule has 4 heteroatoms. The van der Waals surface area contributed by atoms with Gasteiger partial charge in [-0.05, 0) is 32.1 Å². The van der Waals surface area contributed by atoms with Gasteiger partial charge < -0.3 is 5.11 Å². The lowest BCUT2D eigenvalue weighted by molar-refractivity contribution is -0.264. The van der Waals surface area contributed by atoms with Crippen LogP contribution in [0.1, 0.15) is 77.6 Å². The maximum Gasteiger partial charge on any atom is 0.303 e. The summed E-state index contributed by atoms with van der Waals surface area (Å²) in [5, 5.41) is 17.3. The fourth-order valence-corrected chi connectivity index (χ4v) is 2.14. The molecule has 1 atom stereocenters. The average molecular weight is 312 g/mol. The van der Waals surface area contributed by atoms with Crippen molar-refractivity contribution in [2.75, 3.05) is 0 Å². The summed E-state index contributed by atoms with van der Waals surface area (Å²) in [6.07, 6.45) is 18.4. The van der Waals surface area contributed by atoms with Crippen molar-refractivity contribution in [2.24, 2.45) is 0 Å². The van der Waals surface area contributed by atoms with Crippen LogP contribution in [0.5, 0.6) is 0 Å². The molecule has 2 N–H and O–H groups in total. The van der Waals surface area contributed by atoms with Gasteiger partial charge in [0.1, 0.15) is 6.10 Å². The minimum absolute atomic E-state index is 0.246. The second kappa shape index (κ2) is 16.2. The highest BCUT2D eigenvalue weighted by Gasteiger charge is 2.00. The number of carboxylic acid groups (broad SMARTS) is 1. The van der Waals surface area contributed by atoms with Crippen LogP contribution in [0.2, 0.25) is 0 Å². The first-order valence-electron chi connectivity index (χ1n) is 8.54. The molecule has 0 rings (SSSR count). The van der Waals surface area contributed by atoms with Crippen LogP contribution in [0.3, 0.4) is 0 Å². The zero-order chi connectivity index (χ0) is 16.5. The highest BCUT2D eigenvalue weighted by molar-refractivity contribution is 5.66. The molecule has 1 unspecified atom stereocenters. The molecule has 0 aliphatic rings. The summed E-state index contributed by atoms with van der Waals surface area (Å²) >= 11 is 0. The Hall–Kier alpha value is -1.13. The third-order valence-electron chi connectivity index (χ3n) is 3.51. The lowest BCUT2D eigenvalue weighted by Gasteiger charge is -2.05. The van der Waals surface area contributed by atoms with Gasteiger partial charge in [0.25, 0.3) is 0 Å². The maximum absolute atomic E-state index is 10.3. The predicted octanol–water partition coefficient (Wildman–Crippen LogP) is 5.35. The first kappa shape index (κ1) is 20.9. The Morgan fingerprint density at radius 1 is 1.00 bits per heavy atom. The van der Waals surface area contributed by atoms with Gasteiger partial charge in [-0.3, -0.25) is 10.1 Å². The van der Waals surface area contributed by atoms with E-state index in [4.69, 9.17) is 10.4 Å². The zero-order valence-corrected chi connectivity index (χ0v) is 13.9. The number of unbranched alkanes of at least 4 members (excludes halogenated alkanes) is 7. The van der Waals surface area contributed by atoms with E-state index in [1.165, 1.54) is 6.42 Å². The molecule has 0 aromatic rings. The van der Waals surface area contributed by atoms with Gasteiger partial charge in [0.05, 0.1) is 0 Å². The lowest BCUT2D eigenvalue weighted by Crippen LogP contribution is -2.05. The van der Waals surface area contributed by atoms with E-state index in [1.54, 1.807) is 0 Å². The fraction of sp³-hybridized carbons (Fsp3) is 0.722. The van der Waals surface area contributed by atoms with E-state index in [0.717, 1.165) is 51.4 Å². The Bertz CT molecular complexity index is 310. The number of carbonyl (C=O) groups is 1. The highest BCUT2D eigenvalue weighted by Crippen LogP contribution is 2.09. The molecule has 128 valence electrons. The van der Waals surface area contributed by atoms with E-state index in [0.29, 0.717) is 6.42 Å². The molecule has 0 aliphatic heterocycles. The van der Waals surface area contributed by atoms with Crippen molar-refractivity contribution in [2.45, 2.75) is 83.7 Å². The van der Waals surface area contributed by atoms with Gasteiger partial charge in [-0.15, -0.1) is 0 Å². The van der Waals surface area contributed by atoms with Crippen LogP contribution >= 0.6 is 0 Å². The Morgan fingerprint density at radius 3 is 2.36 bits per heavy atom. The number of carboxylic acids is 1. The van der Waals surface area contributed by atoms with E-state index >= 15 is 0 Å². The third-order valence-corrected chi connectivity index (χ3v) is 3.51. The van der Waals surface area contributed by atoms with Crippen LogP contribution in [-0.4, -0.2) is 22.4 Å². The molecule has 0 aromatic heterocycles. The number of rotatable bonds is 15. The molecule has 22 heavy (non-hydrogen) atoms. The molecule has 4 nitrogen and oxygen atoms in total. The molecule has 0 spiro atoms. The van der Waals surface area contributed by atoms with Gasteiger partial charge in [0.15, 0.2) is 0 Å². The van der Waals surface area contributed by atoms with Crippen LogP contribution in [-0.2, 0) is 9.68 Å². The maximum atomic E-state index is 10.3. The van der Waals surface area contributed by atoms with Gasteiger partial charge >= 0.3 is 5.97 Å². The monoisotopic (exact) mass is 312 g/mol. The topological polar surface area (TPSA) is 66.8 Å². The molecule has 0 radical (unpaired) electrons. The average Bonchev–Trinajstić information content (AvgIpc) is 2.50. The molecule has 0 aromatic carbocycles. The van der Waals surface area contributed by atoms with Crippen molar-refractivity contribution in [3.8, 4) is 0 Å². The predicted molar refractivity (Wildman–Crippen MR) is 89.9 cm³/mol. The van der Waals surface area contributed by atoms with Crippen LogP contribution < -0.4 is 0 Å². The second-order valence-corrected chi connectivity index (χ2v) is 5.62. The van der Waals surface area contributed by atoms with Gasteiger partial charge in [0, 0.05) is 6.42 Å². The smallest absolute Gasteiger partial charge is 0.303 e. The van der Waals surface area contributed by atoms with Crippen molar-refractivity contribution in [1.82, 2.24) is 0 Å². The van der Waals surface area contributed by atoms with Gasteiger partial charge in [-0.1, -0.05) is 63.3 Å². The Morgan fingerprint density at radius 2 is 1.68 bits per heavy atom. The molecule has 0 heterocycles. The number of hydrogen-bond acceptors (Lipinski definition) is 3. The number of allylic oxidation sites excluding steroid dienone is 2. The van der Waals surface area contributed by atoms with Crippen molar-refractivity contribution in [3.63, 3.8) is 0 Å². The number of aliphatic carboxylic acids is 1. The molecular formula is C18H32O4. The molecule has 0 saturated heterocycles. The highest BCUT2D eigenvalue weighted by atomic mass is 17.1. The minimum Gasteiger partial charge on any atom is -0.481 e. The van der Waals surface area contributed by atoms with Gasteiger partial charge in [0.2, 0.25) is 0 Å². The quantitative estimate of drug-likeness (QED) is 0.185. The molecule has 0 fully saturated rings. The molecule has 0 aliphatic carbocycles. The van der Waals surface area contributed by atoms with Crippen LogP contribution in [0.15, 0.2) is 24.3 Å². The summed E-state index contributed by atoms with van der Waals surface area (Å²) < 4.78 is 0. The van der Waals surface area contributed by atoms with E-state index in [1.807, 2.05) is 6.08 Å². The Kier molecular flexibility index (Phi) is 15.4. The Labute approximate surface area is 134 Å². The summed E-state index contributed by atoms with van der Waals surface area (Å²) in [4.78, 5) is 14.8. The van der Waals surface area contributed by atoms with E-state index < -0.39 is 5.97 Å². The summed E-state index contributed by atoms with van der Waals surface area (Å²) in [6, 6.07) is 0. The minimum atomic E-state index is -0.702. The van der Waals surface area contributed by atoms with Crippen LogP contribution in [0.4, 0.5) is 0 Å². The second-order valence-electron chi connectivity index (χ2n) is 5.62. The molecular weight excluding hydrogens is 280 g/mol. The third kappa shape index (κ3) is 15.3. The summed E-state index contributed by atoms with van der Waals surface area (Å²) in [5.74, 6) is -0.702. The van der Waals surface area contributed by atoms with E-state index in [2.05, 4.69) is 30.0 Å². The standard InChI is InChI=1S/C18H32O4/c1-2-3-4-11-14-17(22-21)15-12-9-7-5-6-8-10-13-16-18(19)20/h9,11-12,14,17,21H,2-8,10,13,15-16H2,1H3,(H,19,20). The first-order chi connectivity index (χ1) is 10.7. The number of hydrogen-bond donors (Lipinski definition) is 2. The normalized spacial score (nSPS) is 13.2. The van der Waals surface area contributed by atoms with Gasteiger partial charge in [-0.25, -0.2) is 4.89 Å². The Balaban J connectivity index is 3.51. The van der Waals surface area contributed by atoms with Crippen LogP contribution in [0, 0.1) is 0 Å². The lowest BCUT2D eigenvalue weighted by atomic mass is 10.1. The summed E-state index contributed by atoms with van der Waals surface area (Å²) in [6.45, 7) is 2.16. The summed E-state index contributed by atoms with van der Waals surface area (Å²) in [5.41, 5.74) is 0. The molecule has 0 bridgehead atoms. The van der Waals surface area contributed by atoms with Crippen molar-refractivity contribution >= 4 is 5.97 Å². The molecule has 0 amide bonds. The van der Waals surface area contributed by atoms with Crippen molar-refractivity contribution in [1.29, 1.82) is 0 Å². The van der Waals surface area contributed by atoms with E-state index in [-0.39, 0.29) is 12.5 Å². The van der Waals surface area contributed by atoms with Crippen molar-refractivity contribution < 1.29 is 20.0 Å². The molecule has 0 saturated carbocycles. The SMILES string of the molecule is CCCCC=CC(CC=CCCCCCCCC(=O)O)OO. The van der Waals surface area contributed by atoms with Gasteiger partial charge in [-0.2, -0.15) is 0 Å². The van der Waals surface area contributed by atoms with E-state index in [9.17, 15) is 4.79 Å².